The van der Waals surface area contributed by atoms with E-state index in [2.05, 4.69) is 0 Å². The fourth-order valence-electron chi connectivity index (χ4n) is 2.73. The van der Waals surface area contributed by atoms with Gasteiger partial charge < -0.3 is 0 Å². The molecule has 18 heteroatoms. The molecule has 0 fully saturated rings. The van der Waals surface area contributed by atoms with Crippen LogP contribution in [0.1, 0.15) is 11.1 Å². The molecular weight excluding hydrogens is 444 g/mol. The van der Waals surface area contributed by atoms with Crippen molar-refractivity contribution in [1.82, 2.24) is 0 Å². The van der Waals surface area contributed by atoms with E-state index in [0.717, 1.165) is 12.1 Å². The van der Waals surface area contributed by atoms with Crippen molar-refractivity contribution >= 4 is 34.1 Å². The molecule has 0 aliphatic rings. The molecule has 164 valence electrons. The molecule has 0 saturated heterocycles. The van der Waals surface area contributed by atoms with Gasteiger partial charge in [-0.1, -0.05) is 18.2 Å². The zero-order valence-electron chi connectivity index (χ0n) is 15.0. The lowest BCUT2D eigenvalue weighted by atomic mass is 10.0. The highest BCUT2D eigenvalue weighted by Gasteiger charge is 2.51. The quantitative estimate of drug-likeness (QED) is 0.319. The van der Waals surface area contributed by atoms with Crippen LogP contribution in [0.4, 0.5) is 22.7 Å². The Kier molecular flexibility index (Phi) is 6.09. The first-order valence-electron chi connectivity index (χ1n) is 7.77. The van der Waals surface area contributed by atoms with Crippen molar-refractivity contribution in [3.05, 3.63) is 108 Å². The summed E-state index contributed by atoms with van der Waals surface area (Å²) in [5.74, 6) is 0. The molecular formula is C14H6N6O12. The van der Waals surface area contributed by atoms with Gasteiger partial charge in [-0.05, 0) is 12.1 Å². The van der Waals surface area contributed by atoms with Gasteiger partial charge >= 0.3 is 34.1 Å². The smallest absolute Gasteiger partial charge is 0.258 e. The second kappa shape index (κ2) is 8.52. The number of nitro benzene ring substituents is 4. The van der Waals surface area contributed by atoms with E-state index in [1.807, 2.05) is 0 Å². The fourth-order valence-corrected chi connectivity index (χ4v) is 2.73. The van der Waals surface area contributed by atoms with Gasteiger partial charge in [-0.2, -0.15) is 0 Å². The van der Waals surface area contributed by atoms with Gasteiger partial charge in [0.2, 0.25) is 0 Å². The van der Waals surface area contributed by atoms with Gasteiger partial charge in [0, 0.05) is 6.07 Å². The van der Waals surface area contributed by atoms with Gasteiger partial charge in [-0.15, -0.1) is 0 Å². The summed E-state index contributed by atoms with van der Waals surface area (Å²) in [6.45, 7) is 0. The molecule has 2 rings (SSSR count). The Labute approximate surface area is 172 Å². The molecule has 0 spiro atoms. The third-order valence-corrected chi connectivity index (χ3v) is 3.86. The molecule has 0 aromatic heterocycles. The van der Waals surface area contributed by atoms with Crippen LogP contribution in [0.3, 0.4) is 0 Å². The van der Waals surface area contributed by atoms with E-state index in [0.29, 0.717) is 0 Å². The van der Waals surface area contributed by atoms with Crippen molar-refractivity contribution in [1.29, 1.82) is 0 Å². The molecule has 2 aromatic carbocycles. The van der Waals surface area contributed by atoms with E-state index in [-0.39, 0.29) is 6.07 Å². The molecule has 0 aliphatic carbocycles. The van der Waals surface area contributed by atoms with Gasteiger partial charge in [0.05, 0.1) is 35.1 Å². The summed E-state index contributed by atoms with van der Waals surface area (Å²) in [5, 5.41) is 68.8. The van der Waals surface area contributed by atoms with Crippen LogP contribution in [0, 0.1) is 60.7 Å². The molecule has 0 amide bonds. The van der Waals surface area contributed by atoms with Crippen molar-refractivity contribution in [3.63, 3.8) is 0 Å². The van der Waals surface area contributed by atoms with E-state index >= 15 is 0 Å². The van der Waals surface area contributed by atoms with Crippen LogP contribution in [0.5, 0.6) is 0 Å². The molecule has 0 heterocycles. The molecule has 0 atom stereocenters. The van der Waals surface area contributed by atoms with E-state index in [1.54, 1.807) is 0 Å². The Balaban J connectivity index is 3.28. The molecule has 0 saturated carbocycles. The average molecular weight is 450 g/mol. The summed E-state index contributed by atoms with van der Waals surface area (Å²) >= 11 is 0. The van der Waals surface area contributed by atoms with Crippen molar-refractivity contribution in [2.45, 2.75) is 0 Å². The van der Waals surface area contributed by atoms with E-state index < -0.39 is 74.8 Å². The normalized spacial score (nSPS) is 11.2. The van der Waals surface area contributed by atoms with E-state index in [9.17, 15) is 60.7 Å². The maximum Gasteiger partial charge on any atom is 0.430 e. The topological polar surface area (TPSA) is 259 Å². The molecule has 0 bridgehead atoms. The Morgan fingerprint density at radius 1 is 0.562 bits per heavy atom. The van der Waals surface area contributed by atoms with Gasteiger partial charge in [0.25, 0.3) is 0 Å². The second-order valence-electron chi connectivity index (χ2n) is 5.59. The molecule has 0 unspecified atom stereocenters. The van der Waals surface area contributed by atoms with Crippen molar-refractivity contribution in [2.24, 2.45) is 0 Å². The summed E-state index contributed by atoms with van der Waals surface area (Å²) < 4.78 is 0. The minimum Gasteiger partial charge on any atom is -0.258 e. The average Bonchev–Trinajstić information content (AvgIpc) is 2.69. The minimum absolute atomic E-state index is 0.0478. The van der Waals surface area contributed by atoms with Crippen LogP contribution in [0.15, 0.2) is 36.4 Å². The Morgan fingerprint density at radius 2 is 1.03 bits per heavy atom. The number of benzene rings is 2. The summed E-state index contributed by atoms with van der Waals surface area (Å²) in [4.78, 5) is 59.4. The van der Waals surface area contributed by atoms with E-state index in [1.165, 1.54) is 18.2 Å². The summed E-state index contributed by atoms with van der Waals surface area (Å²) in [6, 6.07) is 5.76. The third-order valence-electron chi connectivity index (χ3n) is 3.86. The van der Waals surface area contributed by atoms with Crippen molar-refractivity contribution < 1.29 is 29.5 Å². The van der Waals surface area contributed by atoms with Crippen molar-refractivity contribution in [3.8, 4) is 0 Å². The first kappa shape index (κ1) is 22.9. The predicted molar refractivity (Wildman–Crippen MR) is 100 cm³/mol. The standard InChI is InChI=1S/C14H6N6O12/c21-15(22)9-6-8(12(18(27)28)14(20(31)32)13(9)19(29)30)11(17(25)26)10(16(23)24)7-4-2-1-3-5-7/h1-6H. The lowest BCUT2D eigenvalue weighted by Gasteiger charge is -2.05. The maximum atomic E-state index is 11.7. The monoisotopic (exact) mass is 450 g/mol. The predicted octanol–water partition coefficient (Wildman–Crippen LogP) is 2.70. The van der Waals surface area contributed by atoms with Crippen LogP contribution >= 0.6 is 0 Å². The van der Waals surface area contributed by atoms with Crippen LogP contribution in [-0.2, 0) is 0 Å². The minimum atomic E-state index is -2.04. The molecule has 2 aromatic rings. The zero-order chi connectivity index (χ0) is 24.3. The zero-order valence-corrected chi connectivity index (χ0v) is 15.0. The lowest BCUT2D eigenvalue weighted by molar-refractivity contribution is -0.452. The number of nitrogens with zero attached hydrogens (tertiary/aromatic N) is 6. The van der Waals surface area contributed by atoms with Crippen LogP contribution < -0.4 is 0 Å². The first-order valence-corrected chi connectivity index (χ1v) is 7.77. The molecule has 0 aliphatic heterocycles. The Bertz CT molecular complexity index is 1240. The number of hydrogen-bond donors (Lipinski definition) is 0. The highest BCUT2D eigenvalue weighted by Crippen LogP contribution is 2.48. The summed E-state index contributed by atoms with van der Waals surface area (Å²) in [5.41, 5.74) is -12.7. The largest absolute Gasteiger partial charge is 0.430 e. The summed E-state index contributed by atoms with van der Waals surface area (Å²) in [7, 11) is 0. The lowest BCUT2D eigenvalue weighted by Crippen LogP contribution is -2.13. The molecule has 0 radical (unpaired) electrons. The highest BCUT2D eigenvalue weighted by atomic mass is 16.7. The van der Waals surface area contributed by atoms with Crippen LogP contribution in [0.25, 0.3) is 11.4 Å². The summed E-state index contributed by atoms with van der Waals surface area (Å²) in [6.07, 6.45) is 0. The van der Waals surface area contributed by atoms with Gasteiger partial charge in [-0.25, -0.2) is 0 Å². The Hall–Kier alpha value is -5.42. The van der Waals surface area contributed by atoms with Crippen LogP contribution in [-0.4, -0.2) is 29.5 Å². The van der Waals surface area contributed by atoms with Gasteiger partial charge in [0.15, 0.2) is 5.56 Å². The number of nitro groups is 6. The third kappa shape index (κ3) is 3.98. The van der Waals surface area contributed by atoms with E-state index in [4.69, 9.17) is 0 Å². The highest BCUT2D eigenvalue weighted by molar-refractivity contribution is 5.91. The second-order valence-corrected chi connectivity index (χ2v) is 5.59. The van der Waals surface area contributed by atoms with Gasteiger partial charge in [0.1, 0.15) is 0 Å². The molecule has 0 N–H and O–H groups in total. The molecule has 32 heavy (non-hydrogen) atoms. The first-order chi connectivity index (χ1) is 14.9. The number of rotatable bonds is 8. The SMILES string of the molecule is O=[N+]([O-])C(=C(c1cc([N+](=O)[O-])c([N+](=O)[O-])c([N+](=O)[O-])c1[N+](=O)[O-])[N+](=O)[O-])c1ccccc1. The fraction of sp³-hybridized carbons (Fsp3) is 0. The maximum absolute atomic E-state index is 11.7. The Morgan fingerprint density at radius 3 is 1.41 bits per heavy atom. The molecule has 18 nitrogen and oxygen atoms in total. The van der Waals surface area contributed by atoms with Crippen molar-refractivity contribution in [2.75, 3.05) is 0 Å². The van der Waals surface area contributed by atoms with Gasteiger partial charge in [-0.3, -0.25) is 60.7 Å². The van der Waals surface area contributed by atoms with Crippen LogP contribution in [0.2, 0.25) is 0 Å². The number of hydrogen-bond acceptors (Lipinski definition) is 12.